The van der Waals surface area contributed by atoms with Gasteiger partial charge in [-0.1, -0.05) is 63.2 Å². The fraction of sp³-hybridized carbons (Fsp3) is 0.536. The molecule has 0 bridgehead atoms. The highest BCUT2D eigenvalue weighted by Crippen LogP contribution is 2.49. The summed E-state index contributed by atoms with van der Waals surface area (Å²) in [5.74, 6) is 0.978. The second-order valence-corrected chi connectivity index (χ2v) is 12.9. The molecule has 2 aromatic carbocycles. The average Bonchev–Trinajstić information content (AvgIpc) is 3.31. The van der Waals surface area contributed by atoms with E-state index < -0.39 is 10.1 Å². The van der Waals surface area contributed by atoms with Crippen LogP contribution in [0.2, 0.25) is 0 Å². The molecule has 202 valence electrons. The molecule has 8 nitrogen and oxygen atoms in total. The topological polar surface area (TPSA) is 107 Å². The minimum absolute atomic E-state index is 0.188. The summed E-state index contributed by atoms with van der Waals surface area (Å²) in [6.45, 7) is 13.9. The largest absolute Gasteiger partial charge is 0.391 e. The number of aryl methyl sites for hydroxylation is 1. The van der Waals surface area contributed by atoms with Gasteiger partial charge in [0.15, 0.2) is 11.4 Å². The maximum absolute atomic E-state index is 10.9. The van der Waals surface area contributed by atoms with Crippen molar-refractivity contribution in [3.63, 3.8) is 0 Å². The number of rotatable bonds is 5. The Balaban J connectivity index is 0.000000586. The molecule has 37 heavy (non-hydrogen) atoms. The van der Waals surface area contributed by atoms with E-state index >= 15 is 0 Å². The van der Waals surface area contributed by atoms with Crippen molar-refractivity contribution in [3.8, 4) is 0 Å². The smallest absolute Gasteiger partial charge is 0.261 e. The Bertz CT molecular complexity index is 1330. The third kappa shape index (κ3) is 6.00. The second-order valence-electron chi connectivity index (χ2n) is 11.4. The number of fused-ring (bicyclic) bond motifs is 2. The van der Waals surface area contributed by atoms with Crippen LogP contribution in [-0.2, 0) is 27.4 Å². The molecule has 0 spiro atoms. The zero-order valence-electron chi connectivity index (χ0n) is 22.4. The van der Waals surface area contributed by atoms with Gasteiger partial charge in [-0.15, -0.1) is 0 Å². The second kappa shape index (κ2) is 10.4. The van der Waals surface area contributed by atoms with Crippen molar-refractivity contribution in [1.82, 2.24) is 10.1 Å². The summed E-state index contributed by atoms with van der Waals surface area (Å²) in [6, 6.07) is 15.0. The molecular formula is C28H39N3O5S. The molecule has 2 N–H and O–H groups in total. The minimum atomic E-state index is -3.67. The fourth-order valence-corrected chi connectivity index (χ4v) is 5.83. The van der Waals surface area contributed by atoms with Crippen molar-refractivity contribution in [3.05, 3.63) is 59.2 Å². The molecule has 2 aliphatic rings. The number of para-hydroxylation sites is 1. The summed E-state index contributed by atoms with van der Waals surface area (Å²) >= 11 is 0. The van der Waals surface area contributed by atoms with Crippen molar-refractivity contribution in [2.24, 2.45) is 0 Å². The molecule has 0 radical (unpaired) electrons. The lowest BCUT2D eigenvalue weighted by molar-refractivity contribution is 0.0566. The van der Waals surface area contributed by atoms with Crippen LogP contribution in [0, 0.1) is 0 Å². The van der Waals surface area contributed by atoms with E-state index in [0.29, 0.717) is 6.26 Å². The van der Waals surface area contributed by atoms with E-state index in [2.05, 4.69) is 66.9 Å². The van der Waals surface area contributed by atoms with Crippen LogP contribution < -0.4 is 4.90 Å². The van der Waals surface area contributed by atoms with Crippen LogP contribution in [0.1, 0.15) is 50.8 Å². The molecule has 1 aliphatic carbocycles. The lowest BCUT2D eigenvalue weighted by Gasteiger charge is -2.34. The van der Waals surface area contributed by atoms with Crippen LogP contribution in [0.4, 0.5) is 5.82 Å². The van der Waals surface area contributed by atoms with Gasteiger partial charge in [0.05, 0.1) is 17.7 Å². The van der Waals surface area contributed by atoms with Crippen LogP contribution in [-0.4, -0.2) is 73.2 Å². The maximum atomic E-state index is 10.9. The molecule has 1 fully saturated rings. The monoisotopic (exact) mass is 529 g/mol. The Morgan fingerprint density at radius 3 is 2.30 bits per heavy atom. The van der Waals surface area contributed by atoms with Gasteiger partial charge in [0.1, 0.15) is 0 Å². The van der Waals surface area contributed by atoms with Crippen LogP contribution in [0.5, 0.6) is 0 Å². The third-order valence-corrected chi connectivity index (χ3v) is 7.81. The summed E-state index contributed by atoms with van der Waals surface area (Å²) in [6.07, 6.45) is 2.59. The Labute approximate surface area is 220 Å². The van der Waals surface area contributed by atoms with Crippen molar-refractivity contribution >= 4 is 26.9 Å². The van der Waals surface area contributed by atoms with Crippen molar-refractivity contribution < 1.29 is 22.6 Å². The van der Waals surface area contributed by atoms with E-state index in [0.717, 1.165) is 62.4 Å². The van der Waals surface area contributed by atoms with Gasteiger partial charge in [0, 0.05) is 37.0 Å². The molecule has 1 aliphatic heterocycles. The predicted molar refractivity (Wildman–Crippen MR) is 147 cm³/mol. The summed E-state index contributed by atoms with van der Waals surface area (Å²) in [5, 5.41) is 16.3. The zero-order valence-corrected chi connectivity index (χ0v) is 23.3. The van der Waals surface area contributed by atoms with Crippen molar-refractivity contribution in [2.45, 2.75) is 57.5 Å². The SMILES string of the molecule is CC1(C)c2ccc(CCCN3CCN(c4noc5ccccc45)CC3)cc2C(C)(C)C1O.CS(=O)(=O)O. The molecule has 1 unspecified atom stereocenters. The van der Waals surface area contributed by atoms with Crippen molar-refractivity contribution in [1.29, 1.82) is 0 Å². The first-order valence-corrected chi connectivity index (χ1v) is 14.7. The number of nitrogens with zero attached hydrogens (tertiary/aromatic N) is 3. The third-order valence-electron chi connectivity index (χ3n) is 7.81. The molecule has 9 heteroatoms. The lowest BCUT2D eigenvalue weighted by atomic mass is 9.78. The quantitative estimate of drug-likeness (QED) is 0.478. The summed E-state index contributed by atoms with van der Waals surface area (Å²) < 4.78 is 31.4. The number of piperazine rings is 1. The summed E-state index contributed by atoms with van der Waals surface area (Å²) in [5.41, 5.74) is 4.48. The van der Waals surface area contributed by atoms with Gasteiger partial charge in [-0.2, -0.15) is 8.42 Å². The Morgan fingerprint density at radius 2 is 1.62 bits per heavy atom. The molecule has 1 saturated heterocycles. The minimum Gasteiger partial charge on any atom is -0.391 e. The molecule has 1 aromatic heterocycles. The van der Waals surface area contributed by atoms with Crippen LogP contribution in [0.15, 0.2) is 47.0 Å². The van der Waals surface area contributed by atoms with E-state index in [9.17, 15) is 13.5 Å². The molecular weight excluding hydrogens is 490 g/mol. The first-order valence-electron chi connectivity index (χ1n) is 12.8. The number of hydrogen-bond donors (Lipinski definition) is 2. The molecule has 5 rings (SSSR count). The molecule has 1 atom stereocenters. The fourth-order valence-electron chi connectivity index (χ4n) is 5.83. The number of benzene rings is 2. The normalized spacial score (nSPS) is 20.9. The van der Waals surface area contributed by atoms with Gasteiger partial charge in [0.2, 0.25) is 0 Å². The number of aliphatic hydroxyl groups excluding tert-OH is 1. The molecule has 2 heterocycles. The van der Waals surface area contributed by atoms with Gasteiger partial charge in [-0.05, 0) is 48.2 Å². The summed E-state index contributed by atoms with van der Waals surface area (Å²) in [4.78, 5) is 4.90. The summed E-state index contributed by atoms with van der Waals surface area (Å²) in [7, 11) is -3.67. The Kier molecular flexibility index (Phi) is 7.72. The molecule has 0 amide bonds. The van der Waals surface area contributed by atoms with E-state index in [1.54, 1.807) is 0 Å². The molecule has 3 aromatic rings. The number of anilines is 1. The first-order chi connectivity index (χ1) is 17.3. The van der Waals surface area contributed by atoms with Gasteiger partial charge < -0.3 is 14.5 Å². The zero-order chi connectivity index (χ0) is 27.0. The number of hydrogen-bond acceptors (Lipinski definition) is 7. The van der Waals surface area contributed by atoms with Crippen LogP contribution in [0.3, 0.4) is 0 Å². The highest BCUT2D eigenvalue weighted by molar-refractivity contribution is 7.85. The highest BCUT2D eigenvalue weighted by Gasteiger charge is 2.50. The number of aromatic nitrogens is 1. The average molecular weight is 530 g/mol. The Morgan fingerprint density at radius 1 is 1.00 bits per heavy atom. The molecule has 0 saturated carbocycles. The van der Waals surface area contributed by atoms with E-state index in [4.69, 9.17) is 9.08 Å². The van der Waals surface area contributed by atoms with Crippen LogP contribution >= 0.6 is 0 Å². The van der Waals surface area contributed by atoms with Gasteiger partial charge in [0.25, 0.3) is 10.1 Å². The highest BCUT2D eigenvalue weighted by atomic mass is 32.2. The van der Waals surface area contributed by atoms with Gasteiger partial charge in [-0.3, -0.25) is 9.45 Å². The van der Waals surface area contributed by atoms with Gasteiger partial charge >= 0.3 is 0 Å². The van der Waals surface area contributed by atoms with Crippen molar-refractivity contribution in [2.75, 3.05) is 43.9 Å². The van der Waals surface area contributed by atoms with E-state index in [1.807, 2.05) is 18.2 Å². The first kappa shape index (κ1) is 27.6. The van der Waals surface area contributed by atoms with E-state index in [-0.39, 0.29) is 16.9 Å². The Hall–Kier alpha value is -2.46. The van der Waals surface area contributed by atoms with Gasteiger partial charge in [-0.25, -0.2) is 0 Å². The van der Waals surface area contributed by atoms with E-state index in [1.165, 1.54) is 16.7 Å². The van der Waals surface area contributed by atoms with Crippen LogP contribution in [0.25, 0.3) is 11.0 Å². The number of aliphatic hydroxyl groups is 1. The maximum Gasteiger partial charge on any atom is 0.261 e. The standard InChI is InChI=1S/C27H35N3O2.CH4O3S/c1-26(2)21-12-11-19(18-22(21)27(3,4)25(26)31)8-7-13-29-14-16-30(17-15-29)24-20-9-5-6-10-23(20)32-28-24;1-5(2,3)4/h5-6,9-12,18,25,31H,7-8,13-17H2,1-4H3;1H3,(H,2,3,4). The lowest BCUT2D eigenvalue weighted by Crippen LogP contribution is -2.46. The predicted octanol–water partition coefficient (Wildman–Crippen LogP) is 4.02.